The van der Waals surface area contributed by atoms with Crippen LogP contribution >= 0.6 is 15.9 Å². The molecule has 0 amide bonds. The SMILES string of the molecule is OCCCc1nc(-c2ccc(Br)cc2C(F)(F)F)no1. The van der Waals surface area contributed by atoms with Crippen molar-refractivity contribution < 1.29 is 22.8 Å². The Labute approximate surface area is 120 Å². The lowest BCUT2D eigenvalue weighted by molar-refractivity contribution is -0.137. The molecule has 0 bridgehead atoms. The molecule has 20 heavy (non-hydrogen) atoms. The molecule has 0 fully saturated rings. The first-order valence-electron chi connectivity index (χ1n) is 5.72. The Morgan fingerprint density at radius 3 is 2.70 bits per heavy atom. The van der Waals surface area contributed by atoms with Crippen LogP contribution in [0.2, 0.25) is 0 Å². The Kier molecular flexibility index (Phi) is 4.44. The molecule has 2 aromatic rings. The van der Waals surface area contributed by atoms with Gasteiger partial charge in [-0.1, -0.05) is 21.1 Å². The monoisotopic (exact) mass is 350 g/mol. The van der Waals surface area contributed by atoms with Gasteiger partial charge in [-0.3, -0.25) is 0 Å². The summed E-state index contributed by atoms with van der Waals surface area (Å²) in [6.45, 7) is -0.0518. The molecule has 0 saturated carbocycles. The van der Waals surface area contributed by atoms with Crippen LogP contribution in [-0.2, 0) is 12.6 Å². The quantitative estimate of drug-likeness (QED) is 0.917. The molecule has 0 atom stereocenters. The Balaban J connectivity index is 2.39. The average molecular weight is 351 g/mol. The van der Waals surface area contributed by atoms with E-state index in [9.17, 15) is 13.2 Å². The van der Waals surface area contributed by atoms with Crippen LogP contribution in [0.15, 0.2) is 27.2 Å². The molecule has 1 aromatic carbocycles. The summed E-state index contributed by atoms with van der Waals surface area (Å²) in [5, 5.41) is 12.2. The van der Waals surface area contributed by atoms with E-state index in [1.54, 1.807) is 0 Å². The van der Waals surface area contributed by atoms with Crippen molar-refractivity contribution in [3.05, 3.63) is 34.1 Å². The number of hydrogen-bond acceptors (Lipinski definition) is 4. The van der Waals surface area contributed by atoms with Crippen molar-refractivity contribution in [2.75, 3.05) is 6.61 Å². The zero-order chi connectivity index (χ0) is 14.8. The zero-order valence-electron chi connectivity index (χ0n) is 10.1. The standard InChI is InChI=1S/C12H10BrF3N2O2/c13-7-3-4-8(9(6-7)12(14,15)16)11-17-10(20-18-11)2-1-5-19/h3-4,6,19H,1-2,5H2. The van der Waals surface area contributed by atoms with E-state index in [2.05, 4.69) is 26.1 Å². The molecule has 1 heterocycles. The highest BCUT2D eigenvalue weighted by atomic mass is 79.9. The highest BCUT2D eigenvalue weighted by molar-refractivity contribution is 9.10. The first-order chi connectivity index (χ1) is 9.41. The van der Waals surface area contributed by atoms with Gasteiger partial charge in [-0.2, -0.15) is 18.2 Å². The molecular formula is C12H10BrF3N2O2. The summed E-state index contributed by atoms with van der Waals surface area (Å²) in [4.78, 5) is 3.92. The van der Waals surface area contributed by atoms with Crippen molar-refractivity contribution in [3.63, 3.8) is 0 Å². The predicted octanol–water partition coefficient (Wildman–Crippen LogP) is 3.44. The maximum Gasteiger partial charge on any atom is 0.417 e. The van der Waals surface area contributed by atoms with Gasteiger partial charge in [0.05, 0.1) is 5.56 Å². The van der Waals surface area contributed by atoms with Crippen molar-refractivity contribution in [2.45, 2.75) is 19.0 Å². The van der Waals surface area contributed by atoms with Gasteiger partial charge in [0.15, 0.2) is 0 Å². The van der Waals surface area contributed by atoms with E-state index in [-0.39, 0.29) is 23.9 Å². The fourth-order valence-corrected chi connectivity index (χ4v) is 2.00. The fourth-order valence-electron chi connectivity index (χ4n) is 1.64. The summed E-state index contributed by atoms with van der Waals surface area (Å²) >= 11 is 3.01. The topological polar surface area (TPSA) is 59.2 Å². The number of aryl methyl sites for hydroxylation is 1. The number of aliphatic hydroxyl groups is 1. The number of aliphatic hydroxyl groups excluding tert-OH is 1. The number of aromatic nitrogens is 2. The van der Waals surface area contributed by atoms with Gasteiger partial charge in [0.1, 0.15) is 0 Å². The Hall–Kier alpha value is -1.41. The predicted molar refractivity (Wildman–Crippen MR) is 67.8 cm³/mol. The van der Waals surface area contributed by atoms with Crippen molar-refractivity contribution in [1.82, 2.24) is 10.1 Å². The number of nitrogens with zero attached hydrogens (tertiary/aromatic N) is 2. The van der Waals surface area contributed by atoms with E-state index in [1.807, 2.05) is 0 Å². The second-order valence-electron chi connectivity index (χ2n) is 4.03. The van der Waals surface area contributed by atoms with Crippen molar-refractivity contribution >= 4 is 15.9 Å². The van der Waals surface area contributed by atoms with Crippen LogP contribution in [0.3, 0.4) is 0 Å². The molecule has 108 valence electrons. The van der Waals surface area contributed by atoms with Gasteiger partial charge in [0.2, 0.25) is 11.7 Å². The summed E-state index contributed by atoms with van der Waals surface area (Å²) in [6.07, 6.45) is -3.78. The molecular weight excluding hydrogens is 341 g/mol. The van der Waals surface area contributed by atoms with Gasteiger partial charge in [-0.05, 0) is 24.6 Å². The van der Waals surface area contributed by atoms with Crippen molar-refractivity contribution in [2.24, 2.45) is 0 Å². The third kappa shape index (κ3) is 3.37. The van der Waals surface area contributed by atoms with Crippen LogP contribution in [0.25, 0.3) is 11.4 Å². The first kappa shape index (κ1) is 15.0. The van der Waals surface area contributed by atoms with Gasteiger partial charge >= 0.3 is 6.18 Å². The summed E-state index contributed by atoms with van der Waals surface area (Å²) in [7, 11) is 0. The number of benzene rings is 1. The summed E-state index contributed by atoms with van der Waals surface area (Å²) in [6, 6.07) is 3.74. The summed E-state index contributed by atoms with van der Waals surface area (Å²) in [5.41, 5.74) is -0.971. The smallest absolute Gasteiger partial charge is 0.396 e. The average Bonchev–Trinajstić information content (AvgIpc) is 2.84. The van der Waals surface area contributed by atoms with E-state index in [0.717, 1.165) is 6.07 Å². The van der Waals surface area contributed by atoms with E-state index in [0.29, 0.717) is 17.3 Å². The minimum absolute atomic E-state index is 0.0518. The zero-order valence-corrected chi connectivity index (χ0v) is 11.7. The summed E-state index contributed by atoms with van der Waals surface area (Å²) < 4.78 is 44.1. The fraction of sp³-hybridized carbons (Fsp3) is 0.333. The van der Waals surface area contributed by atoms with Crippen LogP contribution in [-0.4, -0.2) is 21.9 Å². The third-order valence-corrected chi connectivity index (χ3v) is 3.04. The lowest BCUT2D eigenvalue weighted by atomic mass is 10.1. The van der Waals surface area contributed by atoms with Gasteiger partial charge in [0, 0.05) is 23.1 Å². The molecule has 0 spiro atoms. The van der Waals surface area contributed by atoms with Crippen LogP contribution in [0.5, 0.6) is 0 Å². The van der Waals surface area contributed by atoms with Crippen molar-refractivity contribution in [1.29, 1.82) is 0 Å². The second kappa shape index (κ2) is 5.92. The molecule has 1 aromatic heterocycles. The number of alkyl halides is 3. The minimum atomic E-state index is -4.51. The molecule has 4 nitrogen and oxygen atoms in total. The number of hydrogen-bond donors (Lipinski definition) is 1. The minimum Gasteiger partial charge on any atom is -0.396 e. The van der Waals surface area contributed by atoms with Crippen LogP contribution in [0, 0.1) is 0 Å². The molecule has 8 heteroatoms. The Bertz CT molecular complexity index is 599. The van der Waals surface area contributed by atoms with Crippen LogP contribution in [0.1, 0.15) is 17.9 Å². The molecule has 0 aliphatic rings. The number of halogens is 4. The largest absolute Gasteiger partial charge is 0.417 e. The maximum absolute atomic E-state index is 13.0. The van der Waals surface area contributed by atoms with E-state index < -0.39 is 11.7 Å². The van der Waals surface area contributed by atoms with Gasteiger partial charge in [-0.15, -0.1) is 0 Å². The Morgan fingerprint density at radius 1 is 1.30 bits per heavy atom. The lowest BCUT2D eigenvalue weighted by Gasteiger charge is -2.10. The van der Waals surface area contributed by atoms with Gasteiger partial charge in [-0.25, -0.2) is 0 Å². The first-order valence-corrected chi connectivity index (χ1v) is 6.51. The van der Waals surface area contributed by atoms with Crippen LogP contribution < -0.4 is 0 Å². The number of rotatable bonds is 4. The molecule has 0 unspecified atom stereocenters. The molecule has 1 N–H and O–H groups in total. The van der Waals surface area contributed by atoms with Gasteiger partial charge in [0.25, 0.3) is 0 Å². The van der Waals surface area contributed by atoms with E-state index in [4.69, 9.17) is 9.63 Å². The molecule has 0 aliphatic heterocycles. The summed E-state index contributed by atoms with van der Waals surface area (Å²) in [5.74, 6) is 0.0860. The third-order valence-electron chi connectivity index (χ3n) is 2.54. The molecule has 2 rings (SSSR count). The Morgan fingerprint density at radius 2 is 2.05 bits per heavy atom. The van der Waals surface area contributed by atoms with Crippen molar-refractivity contribution in [3.8, 4) is 11.4 Å². The van der Waals surface area contributed by atoms with Crippen LogP contribution in [0.4, 0.5) is 13.2 Å². The molecule has 0 saturated heterocycles. The highest BCUT2D eigenvalue weighted by Gasteiger charge is 2.35. The molecule has 0 radical (unpaired) electrons. The van der Waals surface area contributed by atoms with E-state index in [1.165, 1.54) is 12.1 Å². The second-order valence-corrected chi connectivity index (χ2v) is 4.94. The lowest BCUT2D eigenvalue weighted by Crippen LogP contribution is -2.07. The maximum atomic E-state index is 13.0. The molecule has 0 aliphatic carbocycles. The van der Waals surface area contributed by atoms with Gasteiger partial charge < -0.3 is 9.63 Å². The highest BCUT2D eigenvalue weighted by Crippen LogP contribution is 2.37. The van der Waals surface area contributed by atoms with E-state index >= 15 is 0 Å². The normalized spacial score (nSPS) is 11.8.